The molecule has 2 aromatic carbocycles. The average Bonchev–Trinajstić information content (AvgIpc) is 3.52. The topological polar surface area (TPSA) is 89.2 Å². The van der Waals surface area contributed by atoms with Gasteiger partial charge in [-0.15, -0.1) is 0 Å². The fourth-order valence-corrected chi connectivity index (χ4v) is 5.50. The number of ether oxygens (including phenoxy) is 1. The number of halogens is 1. The number of methoxy groups -OCH3 is 1. The Morgan fingerprint density at radius 3 is 2.37 bits per heavy atom. The Kier molecular flexibility index (Phi) is 7.49. The number of benzene rings is 2. The molecular weight excluding hydrogens is 502 g/mol. The molecule has 2 aliphatic rings. The number of aromatic nitrogens is 4. The summed E-state index contributed by atoms with van der Waals surface area (Å²) in [5, 5.41) is 18.0. The van der Waals surface area contributed by atoms with Crippen LogP contribution in [0.15, 0.2) is 30.6 Å². The molecule has 6 rings (SSSR count). The van der Waals surface area contributed by atoms with Crippen molar-refractivity contribution >= 4 is 50.7 Å². The van der Waals surface area contributed by atoms with Crippen LogP contribution in [0.4, 0.5) is 11.4 Å². The first-order valence-electron chi connectivity index (χ1n) is 13.4. The van der Waals surface area contributed by atoms with Crippen molar-refractivity contribution in [1.29, 1.82) is 0 Å². The van der Waals surface area contributed by atoms with E-state index in [0.29, 0.717) is 33.6 Å². The van der Waals surface area contributed by atoms with Crippen LogP contribution in [-0.2, 0) is 14.1 Å². The summed E-state index contributed by atoms with van der Waals surface area (Å²) < 4.78 is 9.00. The summed E-state index contributed by atoms with van der Waals surface area (Å²) in [6.07, 6.45) is 8.65. The molecular formula is C28H36ClN7O2. The zero-order valence-corrected chi connectivity index (χ0v) is 23.5. The van der Waals surface area contributed by atoms with Gasteiger partial charge in [-0.05, 0) is 37.8 Å². The minimum atomic E-state index is -0.330. The van der Waals surface area contributed by atoms with E-state index in [4.69, 9.17) is 16.3 Å². The van der Waals surface area contributed by atoms with Crippen LogP contribution in [-0.4, -0.2) is 57.8 Å². The van der Waals surface area contributed by atoms with E-state index in [1.807, 2.05) is 58.5 Å². The number of aryl methyl sites for hydroxylation is 2. The smallest absolute Gasteiger partial charge is 0.259 e. The first-order chi connectivity index (χ1) is 18.4. The van der Waals surface area contributed by atoms with Gasteiger partial charge in [0.05, 0.1) is 28.9 Å². The number of carbonyl (C=O) groups is 1. The summed E-state index contributed by atoms with van der Waals surface area (Å²) in [7, 11) is 5.29. The Labute approximate surface area is 228 Å². The minimum Gasteiger partial charge on any atom is -0.494 e. The molecule has 9 nitrogen and oxygen atoms in total. The van der Waals surface area contributed by atoms with Crippen LogP contribution < -0.4 is 20.3 Å². The Morgan fingerprint density at radius 2 is 1.68 bits per heavy atom. The maximum absolute atomic E-state index is 13.6. The van der Waals surface area contributed by atoms with E-state index in [-0.39, 0.29) is 5.91 Å². The predicted octanol–water partition coefficient (Wildman–Crippen LogP) is 5.12. The van der Waals surface area contributed by atoms with Gasteiger partial charge < -0.3 is 20.3 Å². The standard InChI is InChI=1S/C26H30ClN7O2.C2H6/c1-32-13-15-10-21(23(36-3)12-20(15)30-32)29-26(35)24-19(27)11-22(18-14-33(2)31-25(18)24)34-8-6-17(7-9-34)28-16-4-5-16;1-2/h10-14,16-17,28H,4-9H2,1-3H3,(H,29,35);1-2H3. The lowest BCUT2D eigenvalue weighted by Gasteiger charge is -2.34. The summed E-state index contributed by atoms with van der Waals surface area (Å²) in [5.74, 6) is 0.200. The number of carbonyl (C=O) groups excluding carboxylic acids is 1. The largest absolute Gasteiger partial charge is 0.494 e. The van der Waals surface area contributed by atoms with Crippen molar-refractivity contribution in [3.05, 3.63) is 41.2 Å². The molecule has 1 saturated carbocycles. The molecule has 0 radical (unpaired) electrons. The van der Waals surface area contributed by atoms with Gasteiger partial charge in [-0.1, -0.05) is 25.4 Å². The van der Waals surface area contributed by atoms with Crippen LogP contribution in [0.1, 0.15) is 49.9 Å². The number of nitrogens with zero attached hydrogens (tertiary/aromatic N) is 5. The monoisotopic (exact) mass is 537 g/mol. The van der Waals surface area contributed by atoms with E-state index in [1.54, 1.807) is 16.5 Å². The van der Waals surface area contributed by atoms with Gasteiger partial charge in [0.1, 0.15) is 11.3 Å². The number of nitrogens with one attached hydrogen (secondary N) is 2. The molecule has 202 valence electrons. The first kappa shape index (κ1) is 26.3. The highest BCUT2D eigenvalue weighted by Gasteiger charge is 2.29. The molecule has 3 heterocycles. The van der Waals surface area contributed by atoms with Crippen molar-refractivity contribution in [3.8, 4) is 5.75 Å². The minimum absolute atomic E-state index is 0.330. The van der Waals surface area contributed by atoms with Crippen molar-refractivity contribution in [2.75, 3.05) is 30.4 Å². The third-order valence-corrected chi connectivity index (χ3v) is 7.44. The second-order valence-corrected chi connectivity index (χ2v) is 10.3. The molecule has 1 aliphatic heterocycles. The highest BCUT2D eigenvalue weighted by molar-refractivity contribution is 6.37. The number of hydrogen-bond acceptors (Lipinski definition) is 6. The van der Waals surface area contributed by atoms with Gasteiger partial charge in [-0.3, -0.25) is 14.2 Å². The van der Waals surface area contributed by atoms with Crippen molar-refractivity contribution < 1.29 is 9.53 Å². The van der Waals surface area contributed by atoms with Crippen molar-refractivity contribution in [1.82, 2.24) is 24.9 Å². The van der Waals surface area contributed by atoms with E-state index < -0.39 is 0 Å². The SMILES string of the molecule is CC.COc1cc2nn(C)cc2cc1NC(=O)c1c(Cl)cc(N2CCC(NC3CC3)CC2)c2cn(C)nc12. The van der Waals surface area contributed by atoms with Gasteiger partial charge in [0.15, 0.2) is 0 Å². The average molecular weight is 538 g/mol. The molecule has 38 heavy (non-hydrogen) atoms. The van der Waals surface area contributed by atoms with E-state index >= 15 is 0 Å². The summed E-state index contributed by atoms with van der Waals surface area (Å²) in [5.41, 5.74) is 3.32. The van der Waals surface area contributed by atoms with Crippen molar-refractivity contribution in [2.24, 2.45) is 14.1 Å². The van der Waals surface area contributed by atoms with Crippen LogP contribution in [0.5, 0.6) is 5.75 Å². The van der Waals surface area contributed by atoms with Gasteiger partial charge in [0, 0.05) is 74.2 Å². The molecule has 0 unspecified atom stereocenters. The molecule has 1 amide bonds. The quantitative estimate of drug-likeness (QED) is 0.355. The van der Waals surface area contributed by atoms with Gasteiger partial charge in [0.2, 0.25) is 0 Å². The molecule has 10 heteroatoms. The lowest BCUT2D eigenvalue weighted by molar-refractivity contribution is 0.102. The molecule has 4 aromatic rings. The number of anilines is 2. The number of fused-ring (bicyclic) bond motifs is 2. The van der Waals surface area contributed by atoms with E-state index in [0.717, 1.165) is 53.9 Å². The maximum atomic E-state index is 13.6. The van der Waals surface area contributed by atoms with E-state index in [2.05, 4.69) is 25.7 Å². The molecule has 0 atom stereocenters. The Balaban J connectivity index is 0.00000144. The van der Waals surface area contributed by atoms with E-state index in [9.17, 15) is 4.79 Å². The van der Waals surface area contributed by atoms with Crippen LogP contribution >= 0.6 is 11.6 Å². The third kappa shape index (κ3) is 5.17. The van der Waals surface area contributed by atoms with Crippen LogP contribution in [0.3, 0.4) is 0 Å². The highest BCUT2D eigenvalue weighted by atomic mass is 35.5. The predicted molar refractivity (Wildman–Crippen MR) is 154 cm³/mol. The summed E-state index contributed by atoms with van der Waals surface area (Å²) >= 11 is 6.78. The Hall–Kier alpha value is -3.30. The van der Waals surface area contributed by atoms with Crippen LogP contribution in [0.2, 0.25) is 5.02 Å². The van der Waals surface area contributed by atoms with Gasteiger partial charge in [-0.25, -0.2) is 0 Å². The van der Waals surface area contributed by atoms with Gasteiger partial charge in [0.25, 0.3) is 5.91 Å². The zero-order chi connectivity index (χ0) is 27.0. The van der Waals surface area contributed by atoms with Gasteiger partial charge in [-0.2, -0.15) is 10.2 Å². The second kappa shape index (κ2) is 10.8. The van der Waals surface area contributed by atoms with E-state index in [1.165, 1.54) is 12.8 Å². The number of hydrogen-bond donors (Lipinski definition) is 2. The Bertz CT molecular complexity index is 1470. The van der Waals surface area contributed by atoms with Crippen molar-refractivity contribution in [2.45, 2.75) is 51.6 Å². The molecule has 1 aliphatic carbocycles. The zero-order valence-electron chi connectivity index (χ0n) is 22.7. The first-order valence-corrected chi connectivity index (χ1v) is 13.8. The molecule has 1 saturated heterocycles. The third-order valence-electron chi connectivity index (χ3n) is 7.14. The van der Waals surface area contributed by atoms with Gasteiger partial charge >= 0.3 is 0 Å². The fraction of sp³-hybridized carbons (Fsp3) is 0.464. The normalized spacial score (nSPS) is 16.0. The molecule has 2 N–H and O–H groups in total. The summed E-state index contributed by atoms with van der Waals surface area (Å²) in [6, 6.07) is 6.88. The fourth-order valence-electron chi connectivity index (χ4n) is 5.22. The molecule has 2 fully saturated rings. The second-order valence-electron chi connectivity index (χ2n) is 9.89. The lowest BCUT2D eigenvalue weighted by Crippen LogP contribution is -2.43. The van der Waals surface area contributed by atoms with Crippen LogP contribution in [0.25, 0.3) is 21.8 Å². The number of piperidine rings is 1. The Morgan fingerprint density at radius 1 is 1.00 bits per heavy atom. The maximum Gasteiger partial charge on any atom is 0.259 e. The summed E-state index contributed by atoms with van der Waals surface area (Å²) in [4.78, 5) is 15.9. The highest BCUT2D eigenvalue weighted by Crippen LogP contribution is 2.37. The van der Waals surface area contributed by atoms with Crippen LogP contribution in [0, 0.1) is 0 Å². The lowest BCUT2D eigenvalue weighted by atomic mass is 10.0. The van der Waals surface area contributed by atoms with Crippen molar-refractivity contribution in [3.63, 3.8) is 0 Å². The molecule has 0 spiro atoms. The summed E-state index contributed by atoms with van der Waals surface area (Å²) in [6.45, 7) is 5.89. The number of rotatable bonds is 6. The molecule has 2 aromatic heterocycles. The molecule has 0 bridgehead atoms. The number of amides is 1.